The minimum Gasteiger partial charge on any atom is -0.493 e. The second-order valence-corrected chi connectivity index (χ2v) is 7.27. The van der Waals surface area contributed by atoms with Crippen molar-refractivity contribution in [3.63, 3.8) is 0 Å². The first-order chi connectivity index (χ1) is 14.9. The zero-order valence-corrected chi connectivity index (χ0v) is 18.3. The van der Waals surface area contributed by atoms with Crippen LogP contribution in [0.15, 0.2) is 53.3 Å². The van der Waals surface area contributed by atoms with Gasteiger partial charge in [0.25, 0.3) is 5.56 Å². The number of hydrogen-bond donors (Lipinski definition) is 1. The maximum absolute atomic E-state index is 12.4. The number of benzene rings is 2. The Balaban J connectivity index is 1.67. The van der Waals surface area contributed by atoms with Crippen LogP contribution in [0, 0.1) is 13.8 Å². The van der Waals surface area contributed by atoms with Crippen LogP contribution in [0.1, 0.15) is 24.0 Å². The highest BCUT2D eigenvalue weighted by molar-refractivity contribution is 5.92. The third-order valence-electron chi connectivity index (χ3n) is 5.07. The fraction of sp³-hybridized carbons (Fsp3) is 0.292. The van der Waals surface area contributed by atoms with Crippen LogP contribution in [0.5, 0.6) is 11.5 Å². The minimum atomic E-state index is -0.209. The summed E-state index contributed by atoms with van der Waals surface area (Å²) < 4.78 is 12.0. The van der Waals surface area contributed by atoms with Gasteiger partial charge in [-0.2, -0.15) is 5.10 Å². The summed E-state index contributed by atoms with van der Waals surface area (Å²) in [6.07, 6.45) is 0.793. The molecule has 0 fully saturated rings. The van der Waals surface area contributed by atoms with Crippen LogP contribution in [0.4, 0.5) is 5.69 Å². The largest absolute Gasteiger partial charge is 0.493 e. The van der Waals surface area contributed by atoms with Gasteiger partial charge < -0.3 is 14.8 Å². The van der Waals surface area contributed by atoms with Crippen LogP contribution < -0.4 is 20.3 Å². The highest BCUT2D eigenvalue weighted by Gasteiger charge is 2.10. The Hall–Kier alpha value is -3.61. The average Bonchev–Trinajstić information content (AvgIpc) is 2.77. The van der Waals surface area contributed by atoms with Crippen molar-refractivity contribution < 1.29 is 14.3 Å². The van der Waals surface area contributed by atoms with E-state index in [1.54, 1.807) is 26.4 Å². The number of anilines is 1. The molecule has 7 heteroatoms. The van der Waals surface area contributed by atoms with Crippen molar-refractivity contribution >= 4 is 11.6 Å². The molecule has 1 N–H and O–H groups in total. The van der Waals surface area contributed by atoms with Gasteiger partial charge in [0.1, 0.15) is 0 Å². The summed E-state index contributed by atoms with van der Waals surface area (Å²) in [4.78, 5) is 24.6. The number of hydrogen-bond acceptors (Lipinski definition) is 5. The van der Waals surface area contributed by atoms with Crippen LogP contribution in [0.3, 0.4) is 0 Å². The molecule has 3 aromatic rings. The molecular weight excluding hydrogens is 394 g/mol. The predicted molar refractivity (Wildman–Crippen MR) is 121 cm³/mol. The molecule has 0 unspecified atom stereocenters. The number of rotatable bonds is 8. The molecule has 1 heterocycles. The van der Waals surface area contributed by atoms with Crippen molar-refractivity contribution in [2.45, 2.75) is 33.2 Å². The van der Waals surface area contributed by atoms with E-state index in [9.17, 15) is 9.59 Å². The molecule has 0 aliphatic heterocycles. The highest BCUT2D eigenvalue weighted by atomic mass is 16.5. The predicted octanol–water partition coefficient (Wildman–Crippen LogP) is 3.96. The number of methoxy groups -OCH3 is 2. The van der Waals surface area contributed by atoms with Gasteiger partial charge in [-0.05, 0) is 55.7 Å². The Morgan fingerprint density at radius 2 is 1.71 bits per heavy atom. The smallest absolute Gasteiger partial charge is 0.266 e. The van der Waals surface area contributed by atoms with E-state index < -0.39 is 0 Å². The molecule has 2 aromatic carbocycles. The first-order valence-corrected chi connectivity index (χ1v) is 10.1. The van der Waals surface area contributed by atoms with Crippen molar-refractivity contribution in [1.29, 1.82) is 0 Å². The third-order valence-corrected chi connectivity index (χ3v) is 5.07. The number of nitrogens with zero attached hydrogens (tertiary/aromatic N) is 2. The summed E-state index contributed by atoms with van der Waals surface area (Å²) in [6.45, 7) is 4.28. The van der Waals surface area contributed by atoms with Gasteiger partial charge >= 0.3 is 0 Å². The quantitative estimate of drug-likeness (QED) is 0.595. The molecular formula is C24H27N3O4. The molecule has 31 heavy (non-hydrogen) atoms. The number of carbonyl (C=O) groups excluding carboxylic acids is 1. The molecule has 0 aliphatic rings. The summed E-state index contributed by atoms with van der Waals surface area (Å²) in [5.74, 6) is 1.12. The third kappa shape index (κ3) is 5.31. The Bertz CT molecular complexity index is 1120. The molecule has 0 aliphatic carbocycles. The van der Waals surface area contributed by atoms with Crippen LogP contribution >= 0.6 is 0 Å². The zero-order valence-electron chi connectivity index (χ0n) is 18.3. The van der Waals surface area contributed by atoms with Gasteiger partial charge in [-0.1, -0.05) is 18.2 Å². The van der Waals surface area contributed by atoms with Gasteiger partial charge in [0.15, 0.2) is 11.5 Å². The molecule has 0 saturated carbocycles. The van der Waals surface area contributed by atoms with Gasteiger partial charge in [-0.25, -0.2) is 4.68 Å². The Labute approximate surface area is 181 Å². The number of amides is 1. The van der Waals surface area contributed by atoms with E-state index in [0.29, 0.717) is 36.6 Å². The molecule has 7 nitrogen and oxygen atoms in total. The van der Waals surface area contributed by atoms with E-state index in [1.807, 2.05) is 44.2 Å². The topological polar surface area (TPSA) is 82.5 Å². The lowest BCUT2D eigenvalue weighted by Crippen LogP contribution is -2.23. The maximum atomic E-state index is 12.4. The lowest BCUT2D eigenvalue weighted by molar-refractivity contribution is -0.116. The first kappa shape index (κ1) is 22.1. The molecule has 0 spiro atoms. The van der Waals surface area contributed by atoms with Crippen molar-refractivity contribution in [2.24, 2.45) is 0 Å². The van der Waals surface area contributed by atoms with Crippen LogP contribution in [-0.2, 0) is 11.3 Å². The van der Waals surface area contributed by atoms with Crippen molar-refractivity contribution in [2.75, 3.05) is 19.5 Å². The normalized spacial score (nSPS) is 10.6. The molecule has 0 bridgehead atoms. The van der Waals surface area contributed by atoms with Crippen molar-refractivity contribution in [1.82, 2.24) is 9.78 Å². The summed E-state index contributed by atoms with van der Waals surface area (Å²) in [7, 11) is 3.14. The standard InChI is InChI=1S/C24H27N3O4/c1-16-7-5-8-17(2)24(16)25-22(28)9-6-14-27-23(29)13-11-19(26-27)18-10-12-20(30-3)21(15-18)31-4/h5,7-8,10-13,15H,6,9,14H2,1-4H3,(H,25,28). The molecule has 0 atom stereocenters. The van der Waals surface area contributed by atoms with Crippen LogP contribution in [0.2, 0.25) is 0 Å². The van der Waals surface area contributed by atoms with E-state index in [0.717, 1.165) is 22.4 Å². The van der Waals surface area contributed by atoms with E-state index in [1.165, 1.54) is 10.7 Å². The van der Waals surface area contributed by atoms with E-state index in [2.05, 4.69) is 10.4 Å². The van der Waals surface area contributed by atoms with E-state index >= 15 is 0 Å². The highest BCUT2D eigenvalue weighted by Crippen LogP contribution is 2.31. The maximum Gasteiger partial charge on any atom is 0.266 e. The number of aromatic nitrogens is 2. The van der Waals surface area contributed by atoms with Gasteiger partial charge in [0.05, 0.1) is 19.9 Å². The van der Waals surface area contributed by atoms with Gasteiger partial charge in [0, 0.05) is 30.3 Å². The number of aryl methyl sites for hydroxylation is 3. The van der Waals surface area contributed by atoms with E-state index in [-0.39, 0.29) is 11.5 Å². The summed E-state index contributed by atoms with van der Waals surface area (Å²) in [5.41, 5.74) is 4.13. The van der Waals surface area contributed by atoms with Crippen LogP contribution in [0.25, 0.3) is 11.3 Å². The molecule has 0 radical (unpaired) electrons. The SMILES string of the molecule is COc1ccc(-c2ccc(=O)n(CCCC(=O)Nc3c(C)cccc3C)n2)cc1OC. The summed E-state index contributed by atoms with van der Waals surface area (Å²) in [6, 6.07) is 14.5. The average molecular weight is 421 g/mol. The van der Waals surface area contributed by atoms with Gasteiger partial charge in [0.2, 0.25) is 5.91 Å². The molecule has 1 aromatic heterocycles. The molecule has 3 rings (SSSR count). The Morgan fingerprint density at radius 1 is 1.00 bits per heavy atom. The lowest BCUT2D eigenvalue weighted by Gasteiger charge is -2.12. The molecule has 162 valence electrons. The van der Waals surface area contributed by atoms with E-state index in [4.69, 9.17) is 9.47 Å². The number of ether oxygens (including phenoxy) is 2. The van der Waals surface area contributed by atoms with Gasteiger partial charge in [-0.15, -0.1) is 0 Å². The number of para-hydroxylation sites is 1. The first-order valence-electron chi connectivity index (χ1n) is 10.1. The number of carbonyl (C=O) groups is 1. The molecule has 1 amide bonds. The van der Waals surface area contributed by atoms with Crippen LogP contribution in [-0.4, -0.2) is 29.9 Å². The summed E-state index contributed by atoms with van der Waals surface area (Å²) >= 11 is 0. The Kier molecular flexibility index (Phi) is 7.07. The second kappa shape index (κ2) is 9.93. The fourth-order valence-corrected chi connectivity index (χ4v) is 3.36. The molecule has 0 saturated heterocycles. The summed E-state index contributed by atoms with van der Waals surface area (Å²) in [5, 5.41) is 7.43. The van der Waals surface area contributed by atoms with Crippen molar-refractivity contribution in [3.8, 4) is 22.8 Å². The van der Waals surface area contributed by atoms with Crippen molar-refractivity contribution in [3.05, 3.63) is 70.0 Å². The monoisotopic (exact) mass is 421 g/mol. The lowest BCUT2D eigenvalue weighted by atomic mass is 10.1. The Morgan fingerprint density at radius 3 is 2.39 bits per heavy atom. The fourth-order valence-electron chi connectivity index (χ4n) is 3.36. The zero-order chi connectivity index (χ0) is 22.4. The minimum absolute atomic E-state index is 0.0819. The second-order valence-electron chi connectivity index (χ2n) is 7.27. The number of nitrogens with one attached hydrogen (secondary N) is 1. The van der Waals surface area contributed by atoms with Gasteiger partial charge in [-0.3, -0.25) is 9.59 Å².